The molecule has 4 nitrogen and oxygen atoms in total. The molecular weight excluding hydrogens is 158 g/mol. The molecule has 1 unspecified atom stereocenters. The molecule has 0 saturated carbocycles. The van der Waals surface area contributed by atoms with Crippen molar-refractivity contribution in [2.75, 3.05) is 6.54 Å². The van der Waals surface area contributed by atoms with E-state index in [1.807, 2.05) is 20.1 Å². The number of nitrogens with one attached hydrogen (secondary N) is 1. The Bertz CT molecular complexity index is 156. The van der Waals surface area contributed by atoms with Crippen LogP contribution in [0.1, 0.15) is 20.3 Å². The maximum absolute atomic E-state index is 10.3. The first-order chi connectivity index (χ1) is 5.56. The van der Waals surface area contributed by atoms with Gasteiger partial charge in [-0.1, -0.05) is 13.8 Å². The Kier molecular flexibility index (Phi) is 5.08. The summed E-state index contributed by atoms with van der Waals surface area (Å²) in [5, 5.41) is 10.4. The summed E-state index contributed by atoms with van der Waals surface area (Å²) in [5.74, 6) is 0.0631. The molecule has 0 heterocycles. The van der Waals surface area contributed by atoms with Gasteiger partial charge in [0.25, 0.3) is 0 Å². The van der Waals surface area contributed by atoms with E-state index in [-0.39, 0.29) is 12.5 Å². The lowest BCUT2D eigenvalue weighted by molar-refractivity contribution is 0.193. The minimum Gasteiger partial charge on any atom is -0.465 e. The predicted octanol–water partition coefficient (Wildman–Crippen LogP) is 1.03. The van der Waals surface area contributed by atoms with E-state index in [4.69, 9.17) is 5.11 Å². The van der Waals surface area contributed by atoms with Crippen molar-refractivity contribution in [1.82, 2.24) is 5.32 Å². The molecule has 1 amide bonds. The van der Waals surface area contributed by atoms with E-state index >= 15 is 0 Å². The first-order valence-corrected chi connectivity index (χ1v) is 3.90. The minimum atomic E-state index is -1.10. The highest BCUT2D eigenvalue weighted by molar-refractivity contribution is 5.65. The maximum Gasteiger partial charge on any atom is 0.404 e. The maximum atomic E-state index is 10.3. The van der Waals surface area contributed by atoms with E-state index in [2.05, 4.69) is 5.32 Å². The highest BCUT2D eigenvalue weighted by Crippen LogP contribution is 2.07. The van der Waals surface area contributed by atoms with Gasteiger partial charge in [-0.3, -0.25) is 4.79 Å². The van der Waals surface area contributed by atoms with Crippen LogP contribution in [0.2, 0.25) is 0 Å². The van der Waals surface area contributed by atoms with Crippen LogP contribution in [0.15, 0.2) is 0 Å². The standard InChI is InChI=1S/C8H14NO3/c1-6(2)3-7(5-10)4-9-8(11)12/h6-7,9H,3-4H2,1-2H3,(H,11,12). The van der Waals surface area contributed by atoms with Gasteiger partial charge in [0, 0.05) is 12.5 Å². The summed E-state index contributed by atoms with van der Waals surface area (Å²) in [6.45, 7) is 4.12. The van der Waals surface area contributed by atoms with Crippen LogP contribution in [-0.2, 0) is 4.79 Å². The summed E-state index contributed by atoms with van der Waals surface area (Å²) < 4.78 is 0. The molecule has 0 saturated heterocycles. The van der Waals surface area contributed by atoms with Crippen LogP contribution in [0.5, 0.6) is 0 Å². The number of hydrogen-bond acceptors (Lipinski definition) is 2. The molecule has 0 rings (SSSR count). The highest BCUT2D eigenvalue weighted by atomic mass is 16.4. The van der Waals surface area contributed by atoms with Crippen LogP contribution in [-0.4, -0.2) is 24.0 Å². The van der Waals surface area contributed by atoms with Gasteiger partial charge in [0.05, 0.1) is 0 Å². The monoisotopic (exact) mass is 172 g/mol. The molecular formula is C8H14NO3. The summed E-state index contributed by atoms with van der Waals surface area (Å²) in [6.07, 6.45) is 1.39. The average Bonchev–Trinajstić information content (AvgIpc) is 1.97. The lowest BCUT2D eigenvalue weighted by atomic mass is 9.98. The fraction of sp³-hybridized carbons (Fsp3) is 0.750. The molecule has 0 aromatic carbocycles. The van der Waals surface area contributed by atoms with Crippen molar-refractivity contribution in [1.29, 1.82) is 0 Å². The third-order valence-corrected chi connectivity index (χ3v) is 1.42. The summed E-state index contributed by atoms with van der Waals surface area (Å²) in [6, 6.07) is 0. The van der Waals surface area contributed by atoms with E-state index in [0.717, 1.165) is 0 Å². The van der Waals surface area contributed by atoms with Crippen molar-refractivity contribution < 1.29 is 14.7 Å². The molecule has 0 aromatic heterocycles. The van der Waals surface area contributed by atoms with Crippen molar-refractivity contribution >= 4 is 12.4 Å². The van der Waals surface area contributed by atoms with Gasteiger partial charge in [-0.05, 0) is 12.3 Å². The number of hydrogen-bond donors (Lipinski definition) is 2. The zero-order chi connectivity index (χ0) is 9.56. The fourth-order valence-electron chi connectivity index (χ4n) is 0.953. The van der Waals surface area contributed by atoms with Crippen LogP contribution in [0.4, 0.5) is 4.79 Å². The molecule has 4 heteroatoms. The summed E-state index contributed by atoms with van der Waals surface area (Å²) in [5.41, 5.74) is 0. The van der Waals surface area contributed by atoms with Crippen molar-refractivity contribution in [2.24, 2.45) is 11.8 Å². The Hall–Kier alpha value is -1.06. The normalized spacial score (nSPS) is 12.6. The van der Waals surface area contributed by atoms with Gasteiger partial charge in [0.1, 0.15) is 0 Å². The fourth-order valence-corrected chi connectivity index (χ4v) is 0.953. The van der Waals surface area contributed by atoms with Crippen LogP contribution in [0.3, 0.4) is 0 Å². The lowest BCUT2D eigenvalue weighted by Crippen LogP contribution is -2.29. The van der Waals surface area contributed by atoms with Gasteiger partial charge < -0.3 is 10.4 Å². The number of carbonyl (C=O) groups is 1. The predicted molar refractivity (Wildman–Crippen MR) is 44.7 cm³/mol. The zero-order valence-corrected chi connectivity index (χ0v) is 7.33. The number of amides is 1. The summed E-state index contributed by atoms with van der Waals surface area (Å²) in [7, 11) is 0. The minimum absolute atomic E-state index is 0.164. The van der Waals surface area contributed by atoms with Crippen LogP contribution in [0, 0.1) is 11.8 Å². The molecule has 0 aromatic rings. The van der Waals surface area contributed by atoms with Crippen LogP contribution < -0.4 is 5.32 Å². The quantitative estimate of drug-likeness (QED) is 0.650. The summed E-state index contributed by atoms with van der Waals surface area (Å²) in [4.78, 5) is 20.4. The third kappa shape index (κ3) is 5.70. The second kappa shape index (κ2) is 5.57. The molecule has 0 aliphatic carbocycles. The molecule has 1 radical (unpaired) electrons. The van der Waals surface area contributed by atoms with Gasteiger partial charge in [0.15, 0.2) is 0 Å². The van der Waals surface area contributed by atoms with E-state index in [1.165, 1.54) is 0 Å². The number of carbonyl (C=O) groups excluding carboxylic acids is 1. The molecule has 12 heavy (non-hydrogen) atoms. The second-order valence-corrected chi connectivity index (χ2v) is 3.13. The van der Waals surface area contributed by atoms with Crippen molar-refractivity contribution in [3.8, 4) is 0 Å². The highest BCUT2D eigenvalue weighted by Gasteiger charge is 2.11. The van der Waals surface area contributed by atoms with Gasteiger partial charge in [0.2, 0.25) is 6.29 Å². The van der Waals surface area contributed by atoms with Gasteiger partial charge in [-0.15, -0.1) is 0 Å². The van der Waals surface area contributed by atoms with Crippen LogP contribution in [0.25, 0.3) is 0 Å². The Balaban J connectivity index is 3.67. The van der Waals surface area contributed by atoms with E-state index in [1.54, 1.807) is 0 Å². The van der Waals surface area contributed by atoms with Gasteiger partial charge >= 0.3 is 6.09 Å². The van der Waals surface area contributed by atoms with Gasteiger partial charge in [-0.25, -0.2) is 4.79 Å². The Morgan fingerprint density at radius 1 is 1.58 bits per heavy atom. The first-order valence-electron chi connectivity index (χ1n) is 3.90. The molecule has 0 fully saturated rings. The largest absolute Gasteiger partial charge is 0.465 e. The topological polar surface area (TPSA) is 66.4 Å². The van der Waals surface area contributed by atoms with Gasteiger partial charge in [-0.2, -0.15) is 0 Å². The smallest absolute Gasteiger partial charge is 0.404 e. The Morgan fingerprint density at radius 2 is 2.17 bits per heavy atom. The second-order valence-electron chi connectivity index (χ2n) is 3.13. The zero-order valence-electron chi connectivity index (χ0n) is 7.33. The molecule has 0 aliphatic heterocycles. The molecule has 0 spiro atoms. The number of carboxylic acid groups (broad SMARTS) is 1. The van der Waals surface area contributed by atoms with Crippen molar-refractivity contribution in [3.05, 3.63) is 0 Å². The summed E-state index contributed by atoms with van der Waals surface area (Å²) >= 11 is 0. The molecule has 0 aliphatic rings. The molecule has 0 bridgehead atoms. The molecule has 1 atom stereocenters. The third-order valence-electron chi connectivity index (χ3n) is 1.42. The van der Waals surface area contributed by atoms with E-state index < -0.39 is 6.09 Å². The molecule has 69 valence electrons. The Labute approximate surface area is 72.0 Å². The van der Waals surface area contributed by atoms with E-state index in [0.29, 0.717) is 12.3 Å². The van der Waals surface area contributed by atoms with Crippen molar-refractivity contribution in [3.63, 3.8) is 0 Å². The van der Waals surface area contributed by atoms with E-state index in [9.17, 15) is 9.59 Å². The lowest BCUT2D eigenvalue weighted by Gasteiger charge is -2.10. The molecule has 2 N–H and O–H groups in total. The van der Waals surface area contributed by atoms with Crippen molar-refractivity contribution in [2.45, 2.75) is 20.3 Å². The SMILES string of the molecule is CC(C)CC([C]=O)CNC(=O)O. The average molecular weight is 172 g/mol. The van der Waals surface area contributed by atoms with Crippen LogP contribution >= 0.6 is 0 Å². The Morgan fingerprint density at radius 3 is 2.50 bits per heavy atom. The first kappa shape index (κ1) is 10.9. The number of rotatable bonds is 5.